The predicted molar refractivity (Wildman–Crippen MR) is 80.4 cm³/mol. The van der Waals surface area contributed by atoms with Crippen LogP contribution in [0.3, 0.4) is 0 Å². The van der Waals surface area contributed by atoms with Crippen molar-refractivity contribution in [2.24, 2.45) is 11.7 Å². The van der Waals surface area contributed by atoms with Gasteiger partial charge in [0.1, 0.15) is 5.75 Å². The molecule has 1 amide bonds. The second kappa shape index (κ2) is 5.58. The lowest BCUT2D eigenvalue weighted by Gasteiger charge is -2.13. The number of fused-ring (bicyclic) bond motifs is 1. The number of hydrogen-bond donors (Lipinski definition) is 2. The van der Waals surface area contributed by atoms with Crippen molar-refractivity contribution in [3.05, 3.63) is 39.9 Å². The lowest BCUT2D eigenvalue weighted by molar-refractivity contribution is -0.123. The molecule has 0 saturated heterocycles. The van der Waals surface area contributed by atoms with Gasteiger partial charge >= 0.3 is 0 Å². The minimum absolute atomic E-state index is 0.00389. The summed E-state index contributed by atoms with van der Waals surface area (Å²) in [6.07, 6.45) is 5.40. The highest BCUT2D eigenvalue weighted by molar-refractivity contribution is 9.10. The summed E-state index contributed by atoms with van der Waals surface area (Å²) in [4.78, 5) is 12.1. The smallest absolute Gasteiger partial charge is 0.227 e. The summed E-state index contributed by atoms with van der Waals surface area (Å²) >= 11 is 3.50. The number of benzene rings is 1. The molecule has 1 aliphatic heterocycles. The minimum Gasteiger partial charge on any atom is -0.493 e. The zero-order valence-electron chi connectivity index (χ0n) is 11.1. The molecule has 20 heavy (non-hydrogen) atoms. The normalized spacial score (nSPS) is 23.5. The van der Waals surface area contributed by atoms with Gasteiger partial charge in [-0.15, -0.1) is 0 Å². The van der Waals surface area contributed by atoms with E-state index >= 15 is 0 Å². The van der Waals surface area contributed by atoms with Gasteiger partial charge in [-0.1, -0.05) is 28.1 Å². The van der Waals surface area contributed by atoms with Crippen LogP contribution in [0, 0.1) is 5.92 Å². The van der Waals surface area contributed by atoms with E-state index in [4.69, 9.17) is 10.5 Å². The first-order valence-corrected chi connectivity index (χ1v) is 7.58. The lowest BCUT2D eigenvalue weighted by Crippen LogP contribution is -2.30. The van der Waals surface area contributed by atoms with Crippen LogP contribution in [0.1, 0.15) is 17.5 Å². The maximum Gasteiger partial charge on any atom is 0.227 e. The topological polar surface area (TPSA) is 64.4 Å². The largest absolute Gasteiger partial charge is 0.493 e. The summed E-state index contributed by atoms with van der Waals surface area (Å²) in [5.41, 5.74) is 7.99. The number of nitrogens with one attached hydrogen (secondary N) is 1. The van der Waals surface area contributed by atoms with Gasteiger partial charge in [0.2, 0.25) is 5.91 Å². The number of hydrogen-bond acceptors (Lipinski definition) is 3. The van der Waals surface area contributed by atoms with Gasteiger partial charge < -0.3 is 15.8 Å². The van der Waals surface area contributed by atoms with Crippen LogP contribution in [-0.2, 0) is 17.8 Å². The van der Waals surface area contributed by atoms with E-state index in [-0.39, 0.29) is 17.9 Å². The van der Waals surface area contributed by atoms with E-state index in [9.17, 15) is 4.79 Å². The molecule has 1 heterocycles. The predicted octanol–water partition coefficient (Wildman–Crippen LogP) is 1.90. The Morgan fingerprint density at radius 2 is 2.30 bits per heavy atom. The van der Waals surface area contributed by atoms with Gasteiger partial charge in [0.15, 0.2) is 0 Å². The average Bonchev–Trinajstić information content (AvgIpc) is 3.03. The standard InChI is InChI=1S/C15H17BrN2O2/c16-12-5-9-3-4-20-14(9)11(6-12)8-18-15(19)10-1-2-13(17)7-10/h1-2,5-6,10,13H,3-4,7-8,17H2,(H,18,19). The first kappa shape index (κ1) is 13.6. The van der Waals surface area contributed by atoms with E-state index in [1.807, 2.05) is 18.2 Å². The fraction of sp³-hybridized carbons (Fsp3) is 0.400. The molecule has 0 saturated carbocycles. The van der Waals surface area contributed by atoms with Crippen molar-refractivity contribution in [3.8, 4) is 5.75 Å². The lowest BCUT2D eigenvalue weighted by atomic mass is 10.1. The highest BCUT2D eigenvalue weighted by Crippen LogP contribution is 2.33. The Morgan fingerprint density at radius 3 is 3.05 bits per heavy atom. The maximum absolute atomic E-state index is 12.1. The Bertz CT molecular complexity index is 571. The molecule has 0 fully saturated rings. The summed E-state index contributed by atoms with van der Waals surface area (Å²) in [7, 11) is 0. The molecule has 0 aromatic heterocycles. The van der Waals surface area contributed by atoms with Gasteiger partial charge in [0, 0.05) is 29.0 Å². The van der Waals surface area contributed by atoms with Crippen molar-refractivity contribution in [2.75, 3.05) is 6.61 Å². The van der Waals surface area contributed by atoms with E-state index < -0.39 is 0 Å². The Balaban J connectivity index is 1.67. The van der Waals surface area contributed by atoms with Crippen LogP contribution in [0.5, 0.6) is 5.75 Å². The van der Waals surface area contributed by atoms with E-state index in [1.165, 1.54) is 5.56 Å². The van der Waals surface area contributed by atoms with Crippen LogP contribution in [0.2, 0.25) is 0 Å². The van der Waals surface area contributed by atoms with Gasteiger partial charge in [0.05, 0.1) is 12.5 Å². The molecule has 2 aliphatic rings. The number of rotatable bonds is 3. The van der Waals surface area contributed by atoms with Crippen LogP contribution in [0.15, 0.2) is 28.8 Å². The fourth-order valence-electron chi connectivity index (χ4n) is 2.71. The molecule has 0 radical (unpaired) electrons. The summed E-state index contributed by atoms with van der Waals surface area (Å²) in [6.45, 7) is 1.20. The Kier molecular flexibility index (Phi) is 3.81. The van der Waals surface area contributed by atoms with Crippen LogP contribution in [-0.4, -0.2) is 18.6 Å². The molecule has 1 aromatic rings. The third-order valence-electron chi connectivity index (χ3n) is 3.73. The number of ether oxygens (including phenoxy) is 1. The third kappa shape index (κ3) is 2.74. The van der Waals surface area contributed by atoms with Crippen molar-refractivity contribution in [3.63, 3.8) is 0 Å². The Hall–Kier alpha value is -1.33. The molecule has 106 valence electrons. The van der Waals surface area contributed by atoms with Crippen molar-refractivity contribution in [1.82, 2.24) is 5.32 Å². The number of nitrogens with two attached hydrogens (primary N) is 1. The first-order chi connectivity index (χ1) is 9.63. The molecular weight excluding hydrogens is 320 g/mol. The Morgan fingerprint density at radius 1 is 1.45 bits per heavy atom. The average molecular weight is 337 g/mol. The molecule has 2 unspecified atom stereocenters. The molecule has 3 N–H and O–H groups in total. The van der Waals surface area contributed by atoms with E-state index in [0.29, 0.717) is 19.6 Å². The summed E-state index contributed by atoms with van der Waals surface area (Å²) in [6, 6.07) is 4.08. The highest BCUT2D eigenvalue weighted by atomic mass is 79.9. The SMILES string of the molecule is NC1C=CC(C(=O)NCc2cc(Br)cc3c2OCC3)C1. The molecule has 2 atom stereocenters. The van der Waals surface area contributed by atoms with Crippen molar-refractivity contribution in [2.45, 2.75) is 25.4 Å². The van der Waals surface area contributed by atoms with Crippen molar-refractivity contribution < 1.29 is 9.53 Å². The van der Waals surface area contributed by atoms with E-state index in [1.54, 1.807) is 0 Å². The highest BCUT2D eigenvalue weighted by Gasteiger charge is 2.23. The first-order valence-electron chi connectivity index (χ1n) is 6.79. The summed E-state index contributed by atoms with van der Waals surface area (Å²) < 4.78 is 6.68. The van der Waals surface area contributed by atoms with Crippen LogP contribution in [0.25, 0.3) is 0 Å². The van der Waals surface area contributed by atoms with Crippen molar-refractivity contribution >= 4 is 21.8 Å². The van der Waals surface area contributed by atoms with Gasteiger partial charge in [-0.25, -0.2) is 0 Å². The molecule has 5 heteroatoms. The number of carbonyl (C=O) groups excluding carboxylic acids is 1. The minimum atomic E-state index is -0.105. The molecule has 1 aromatic carbocycles. The van der Waals surface area contributed by atoms with Crippen molar-refractivity contribution in [1.29, 1.82) is 0 Å². The van der Waals surface area contributed by atoms with Crippen LogP contribution < -0.4 is 15.8 Å². The number of halogens is 1. The molecular formula is C15H17BrN2O2. The number of amides is 1. The van der Waals surface area contributed by atoms with Gasteiger partial charge in [-0.3, -0.25) is 4.79 Å². The van der Waals surface area contributed by atoms with Crippen LogP contribution >= 0.6 is 15.9 Å². The van der Waals surface area contributed by atoms with E-state index in [2.05, 4.69) is 27.3 Å². The molecule has 1 aliphatic carbocycles. The quantitative estimate of drug-likeness (QED) is 0.828. The van der Waals surface area contributed by atoms with Gasteiger partial charge in [0.25, 0.3) is 0 Å². The molecule has 4 nitrogen and oxygen atoms in total. The second-order valence-electron chi connectivity index (χ2n) is 5.26. The monoisotopic (exact) mass is 336 g/mol. The molecule has 0 bridgehead atoms. The second-order valence-corrected chi connectivity index (χ2v) is 6.18. The number of carbonyl (C=O) groups is 1. The Labute approximate surface area is 126 Å². The molecule has 0 spiro atoms. The maximum atomic E-state index is 12.1. The summed E-state index contributed by atoms with van der Waals surface area (Å²) in [5.74, 6) is 0.846. The zero-order valence-corrected chi connectivity index (χ0v) is 12.7. The fourth-order valence-corrected chi connectivity index (χ4v) is 3.27. The van der Waals surface area contributed by atoms with E-state index in [0.717, 1.165) is 22.2 Å². The van der Waals surface area contributed by atoms with Gasteiger partial charge in [-0.05, 0) is 24.1 Å². The van der Waals surface area contributed by atoms with Crippen LogP contribution in [0.4, 0.5) is 0 Å². The third-order valence-corrected chi connectivity index (χ3v) is 4.19. The molecule has 3 rings (SSSR count). The van der Waals surface area contributed by atoms with Gasteiger partial charge in [-0.2, -0.15) is 0 Å². The summed E-state index contributed by atoms with van der Waals surface area (Å²) in [5, 5.41) is 2.97. The zero-order chi connectivity index (χ0) is 14.1.